The van der Waals surface area contributed by atoms with Crippen molar-refractivity contribution in [1.29, 1.82) is 0 Å². The fourth-order valence-electron chi connectivity index (χ4n) is 5.62. The molecule has 2 heterocycles. The predicted molar refractivity (Wildman–Crippen MR) is 164 cm³/mol. The summed E-state index contributed by atoms with van der Waals surface area (Å²) in [5.74, 6) is -0.942. The molecule has 2 atom stereocenters. The van der Waals surface area contributed by atoms with Gasteiger partial charge in [-0.15, -0.1) is 0 Å². The number of aryl methyl sites for hydroxylation is 1. The molecule has 0 saturated carbocycles. The summed E-state index contributed by atoms with van der Waals surface area (Å²) in [6.07, 6.45) is -4.41. The van der Waals surface area contributed by atoms with Gasteiger partial charge in [0.2, 0.25) is 10.0 Å². The summed E-state index contributed by atoms with van der Waals surface area (Å²) >= 11 is 0. The van der Waals surface area contributed by atoms with Crippen LogP contribution in [0.15, 0.2) is 83.8 Å². The highest BCUT2D eigenvalue weighted by atomic mass is 32.2. The SMILES string of the molecule is Cc1cc(COc2ccc(S(=O)(=O)NC[C@@H](C(=O)[O-])N3CCN(C(C)c4ccc(C(F)(F)F)cc4)CC3)cc2)c2ccccc2n1. The van der Waals surface area contributed by atoms with Crippen molar-refractivity contribution in [3.05, 3.63) is 101 Å². The van der Waals surface area contributed by atoms with E-state index in [0.29, 0.717) is 37.5 Å². The van der Waals surface area contributed by atoms with Gasteiger partial charge in [-0.1, -0.05) is 30.3 Å². The van der Waals surface area contributed by atoms with Crippen LogP contribution in [0.25, 0.3) is 10.9 Å². The first-order valence-corrected chi connectivity index (χ1v) is 16.2. The second-order valence-corrected chi connectivity index (χ2v) is 13.0. The number of carbonyl (C=O) groups is 1. The van der Waals surface area contributed by atoms with Crippen LogP contribution in [-0.2, 0) is 27.6 Å². The Morgan fingerprint density at radius 2 is 1.61 bits per heavy atom. The lowest BCUT2D eigenvalue weighted by atomic mass is 10.0. The van der Waals surface area contributed by atoms with Gasteiger partial charge in [-0.05, 0) is 67.9 Å². The molecule has 1 unspecified atom stereocenters. The topological polar surface area (TPSA) is 115 Å². The molecule has 1 saturated heterocycles. The van der Waals surface area contributed by atoms with Gasteiger partial charge < -0.3 is 14.6 Å². The second-order valence-electron chi connectivity index (χ2n) is 11.3. The Bertz CT molecular complexity index is 1780. The summed E-state index contributed by atoms with van der Waals surface area (Å²) in [6, 6.07) is 19.1. The number of piperazine rings is 1. The molecule has 0 spiro atoms. The molecule has 244 valence electrons. The molecule has 4 aromatic rings. The van der Waals surface area contributed by atoms with E-state index in [1.807, 2.05) is 49.1 Å². The number of carboxylic acid groups (broad SMARTS) is 1. The number of carboxylic acids is 1. The third-order valence-electron chi connectivity index (χ3n) is 8.25. The second kappa shape index (κ2) is 13.8. The van der Waals surface area contributed by atoms with Crippen molar-refractivity contribution in [3.63, 3.8) is 0 Å². The van der Waals surface area contributed by atoms with Crippen LogP contribution in [0.1, 0.15) is 35.3 Å². The van der Waals surface area contributed by atoms with Crippen molar-refractivity contribution < 1.29 is 36.2 Å². The third-order valence-corrected chi connectivity index (χ3v) is 9.69. The van der Waals surface area contributed by atoms with E-state index in [1.165, 1.54) is 36.4 Å². The summed E-state index contributed by atoms with van der Waals surface area (Å²) in [4.78, 5) is 20.2. The molecular formula is C33H34F3N4O5S-. The van der Waals surface area contributed by atoms with Crippen LogP contribution in [-0.4, -0.2) is 67.9 Å². The number of nitrogens with zero attached hydrogens (tertiary/aromatic N) is 3. The van der Waals surface area contributed by atoms with Crippen LogP contribution in [0.5, 0.6) is 5.75 Å². The van der Waals surface area contributed by atoms with Crippen molar-refractivity contribution in [2.75, 3.05) is 32.7 Å². The Morgan fingerprint density at radius 1 is 0.978 bits per heavy atom. The molecule has 1 aliphatic rings. The van der Waals surface area contributed by atoms with Gasteiger partial charge in [0, 0.05) is 55.4 Å². The Hall–Kier alpha value is -4.04. The summed E-state index contributed by atoms with van der Waals surface area (Å²) in [6.45, 7) is 5.14. The predicted octanol–water partition coefficient (Wildman–Crippen LogP) is 3.92. The number of alkyl halides is 3. The maximum Gasteiger partial charge on any atom is 0.416 e. The number of para-hydroxylation sites is 1. The number of pyridine rings is 1. The molecule has 1 fully saturated rings. The van der Waals surface area contributed by atoms with Crippen molar-refractivity contribution in [1.82, 2.24) is 19.5 Å². The Labute approximate surface area is 265 Å². The van der Waals surface area contributed by atoms with Crippen LogP contribution in [0.2, 0.25) is 0 Å². The summed E-state index contributed by atoms with van der Waals surface area (Å²) < 4.78 is 73.1. The van der Waals surface area contributed by atoms with E-state index in [0.717, 1.165) is 34.3 Å². The van der Waals surface area contributed by atoms with Gasteiger partial charge in [-0.2, -0.15) is 13.2 Å². The first kappa shape index (κ1) is 33.3. The average molecular weight is 656 g/mol. The number of hydrogen-bond donors (Lipinski definition) is 1. The lowest BCUT2D eigenvalue weighted by Gasteiger charge is -2.42. The molecule has 0 radical (unpaired) electrons. The molecule has 0 amide bonds. The molecule has 5 rings (SSSR count). The first-order chi connectivity index (χ1) is 21.8. The van der Waals surface area contributed by atoms with Crippen molar-refractivity contribution in [3.8, 4) is 5.75 Å². The molecule has 1 aliphatic heterocycles. The number of benzene rings is 3. The standard InChI is InChI=1S/C33H35F3N4O5S/c1-22-19-25(29-5-3-4-6-30(29)38-22)21-45-27-11-13-28(14-12-27)46(43,44)37-20-31(32(41)42)40-17-15-39(16-18-40)23(2)24-7-9-26(10-8-24)33(34,35)36/h3-14,19,23,31,37H,15-18,20-21H2,1-2H3,(H,41,42)/p-1/t23?,31-/m0/s1. The fourth-order valence-corrected chi connectivity index (χ4v) is 6.66. The monoisotopic (exact) mass is 655 g/mol. The highest BCUT2D eigenvalue weighted by Crippen LogP contribution is 2.31. The van der Waals surface area contributed by atoms with Crippen molar-refractivity contribution in [2.45, 2.75) is 43.6 Å². The zero-order chi connectivity index (χ0) is 33.1. The lowest BCUT2D eigenvalue weighted by molar-refractivity contribution is -0.311. The van der Waals surface area contributed by atoms with Crippen LogP contribution in [0.4, 0.5) is 13.2 Å². The van der Waals surface area contributed by atoms with Crippen LogP contribution in [0.3, 0.4) is 0 Å². The number of hydrogen-bond acceptors (Lipinski definition) is 8. The van der Waals surface area contributed by atoms with E-state index < -0.39 is 40.3 Å². The van der Waals surface area contributed by atoms with Gasteiger partial charge in [0.05, 0.1) is 28.0 Å². The molecule has 0 bridgehead atoms. The van der Waals surface area contributed by atoms with Crippen LogP contribution in [0, 0.1) is 6.92 Å². The van der Waals surface area contributed by atoms with Crippen molar-refractivity contribution >= 4 is 26.9 Å². The molecule has 9 nitrogen and oxygen atoms in total. The van der Waals surface area contributed by atoms with E-state index in [9.17, 15) is 31.5 Å². The number of aliphatic carboxylic acids is 1. The van der Waals surface area contributed by atoms with Crippen LogP contribution < -0.4 is 14.6 Å². The lowest BCUT2D eigenvalue weighted by Crippen LogP contribution is -2.59. The Balaban J connectivity index is 1.15. The smallest absolute Gasteiger partial charge is 0.416 e. The Morgan fingerprint density at radius 3 is 2.24 bits per heavy atom. The first-order valence-electron chi connectivity index (χ1n) is 14.8. The minimum absolute atomic E-state index is 0.0441. The van der Waals surface area contributed by atoms with E-state index in [1.54, 1.807) is 4.90 Å². The number of carbonyl (C=O) groups excluding carboxylic acids is 1. The van der Waals surface area contributed by atoms with Crippen LogP contribution >= 0.6 is 0 Å². The Kier molecular flexibility index (Phi) is 9.96. The minimum atomic E-state index is -4.41. The number of sulfonamides is 1. The molecule has 1 N–H and O–H groups in total. The van der Waals surface area contributed by atoms with E-state index in [2.05, 4.69) is 9.71 Å². The number of ether oxygens (including phenoxy) is 1. The molecular weight excluding hydrogens is 621 g/mol. The minimum Gasteiger partial charge on any atom is -0.548 e. The molecule has 1 aromatic heterocycles. The van der Waals surface area contributed by atoms with E-state index in [-0.39, 0.29) is 17.5 Å². The fraction of sp³-hybridized carbons (Fsp3) is 0.333. The highest BCUT2D eigenvalue weighted by molar-refractivity contribution is 7.89. The van der Waals surface area contributed by atoms with Gasteiger partial charge in [0.15, 0.2) is 0 Å². The molecule has 46 heavy (non-hydrogen) atoms. The summed E-state index contributed by atoms with van der Waals surface area (Å²) in [7, 11) is -4.04. The van der Waals surface area contributed by atoms with Gasteiger partial charge in [-0.25, -0.2) is 13.1 Å². The maximum absolute atomic E-state index is 13.0. The van der Waals surface area contributed by atoms with Gasteiger partial charge in [0.1, 0.15) is 12.4 Å². The zero-order valence-electron chi connectivity index (χ0n) is 25.3. The third kappa shape index (κ3) is 7.84. The summed E-state index contributed by atoms with van der Waals surface area (Å²) in [5.41, 5.74) is 2.65. The molecule has 3 aromatic carbocycles. The number of halogens is 3. The van der Waals surface area contributed by atoms with Gasteiger partial charge in [-0.3, -0.25) is 14.8 Å². The van der Waals surface area contributed by atoms with Crippen molar-refractivity contribution in [2.24, 2.45) is 0 Å². The molecule has 13 heteroatoms. The van der Waals surface area contributed by atoms with E-state index >= 15 is 0 Å². The number of fused-ring (bicyclic) bond motifs is 1. The highest BCUT2D eigenvalue weighted by Gasteiger charge is 2.31. The van der Waals surface area contributed by atoms with E-state index in [4.69, 9.17) is 4.74 Å². The normalized spacial score (nSPS) is 16.3. The summed E-state index contributed by atoms with van der Waals surface area (Å²) in [5, 5.41) is 13.0. The largest absolute Gasteiger partial charge is 0.548 e. The molecule has 0 aliphatic carbocycles. The number of nitrogens with one attached hydrogen (secondary N) is 1. The van der Waals surface area contributed by atoms with Gasteiger partial charge >= 0.3 is 6.18 Å². The number of aromatic nitrogens is 1. The quantitative estimate of drug-likeness (QED) is 0.259. The van der Waals surface area contributed by atoms with Gasteiger partial charge in [0.25, 0.3) is 0 Å². The maximum atomic E-state index is 13.0. The zero-order valence-corrected chi connectivity index (χ0v) is 26.1. The average Bonchev–Trinajstić information content (AvgIpc) is 3.03. The number of rotatable bonds is 11.